The largest absolute Gasteiger partial charge is 0.352 e. The first-order valence-corrected chi connectivity index (χ1v) is 8.17. The fraction of sp³-hybridized carbons (Fsp3) is 0.176. The number of nitro benzene ring substituents is 1. The third-order valence-corrected chi connectivity index (χ3v) is 3.66. The van der Waals surface area contributed by atoms with Crippen molar-refractivity contribution < 1.29 is 14.5 Å². The summed E-state index contributed by atoms with van der Waals surface area (Å²) in [6, 6.07) is 12.5. The van der Waals surface area contributed by atoms with Gasteiger partial charge in [0.2, 0.25) is 5.91 Å². The fourth-order valence-electron chi connectivity index (χ4n) is 2.09. The second-order valence-electron chi connectivity index (χ2n) is 5.31. The van der Waals surface area contributed by atoms with Crippen LogP contribution in [0.1, 0.15) is 23.2 Å². The Bertz CT molecular complexity index is 796. The van der Waals surface area contributed by atoms with Crippen molar-refractivity contribution in [3.05, 3.63) is 69.2 Å². The molecular weight excluding hydrogens is 360 g/mol. The summed E-state index contributed by atoms with van der Waals surface area (Å²) in [7, 11) is 0. The van der Waals surface area contributed by atoms with Crippen LogP contribution in [0.4, 0.5) is 11.4 Å². The number of nitrogens with zero attached hydrogens (tertiary/aromatic N) is 1. The second kappa shape index (κ2) is 9.38. The molecule has 0 saturated heterocycles. The highest BCUT2D eigenvalue weighted by Crippen LogP contribution is 2.22. The summed E-state index contributed by atoms with van der Waals surface area (Å²) in [5.41, 5.74) is 5.48. The molecular formula is C17H17ClN4O4. The van der Waals surface area contributed by atoms with E-state index < -0.39 is 4.92 Å². The van der Waals surface area contributed by atoms with E-state index in [2.05, 4.69) is 16.2 Å². The van der Waals surface area contributed by atoms with E-state index in [9.17, 15) is 19.7 Å². The Morgan fingerprint density at radius 1 is 1.08 bits per heavy atom. The van der Waals surface area contributed by atoms with Crippen molar-refractivity contribution in [3.63, 3.8) is 0 Å². The number of anilines is 1. The van der Waals surface area contributed by atoms with Crippen LogP contribution in [0.3, 0.4) is 0 Å². The molecule has 0 unspecified atom stereocenters. The topological polar surface area (TPSA) is 113 Å². The van der Waals surface area contributed by atoms with Gasteiger partial charge in [0, 0.05) is 29.6 Å². The van der Waals surface area contributed by atoms with Crippen LogP contribution >= 0.6 is 11.6 Å². The predicted molar refractivity (Wildman–Crippen MR) is 97.9 cm³/mol. The van der Waals surface area contributed by atoms with Gasteiger partial charge in [-0.3, -0.25) is 30.6 Å². The summed E-state index contributed by atoms with van der Waals surface area (Å²) >= 11 is 5.76. The number of carbonyl (C=O) groups excluding carboxylic acids is 2. The van der Waals surface area contributed by atoms with Crippen LogP contribution < -0.4 is 16.2 Å². The van der Waals surface area contributed by atoms with Gasteiger partial charge in [0.1, 0.15) is 5.69 Å². The molecule has 2 rings (SSSR count). The summed E-state index contributed by atoms with van der Waals surface area (Å²) in [6.07, 6.45) is 0.568. The first-order chi connectivity index (χ1) is 12.5. The lowest BCUT2D eigenvalue weighted by Gasteiger charge is -2.09. The van der Waals surface area contributed by atoms with E-state index in [4.69, 9.17) is 11.6 Å². The van der Waals surface area contributed by atoms with Crippen molar-refractivity contribution in [2.24, 2.45) is 0 Å². The molecule has 0 bridgehead atoms. The molecule has 26 heavy (non-hydrogen) atoms. The van der Waals surface area contributed by atoms with Crippen molar-refractivity contribution >= 4 is 34.8 Å². The number of rotatable bonds is 8. The minimum absolute atomic E-state index is 0.136. The zero-order valence-corrected chi connectivity index (χ0v) is 14.5. The fourth-order valence-corrected chi connectivity index (χ4v) is 2.22. The number of carbonyl (C=O) groups is 2. The second-order valence-corrected chi connectivity index (χ2v) is 5.75. The summed E-state index contributed by atoms with van der Waals surface area (Å²) in [6.45, 7) is 0.320. The molecule has 0 atom stereocenters. The van der Waals surface area contributed by atoms with Crippen LogP contribution in [0.2, 0.25) is 5.02 Å². The average Bonchev–Trinajstić information content (AvgIpc) is 2.64. The summed E-state index contributed by atoms with van der Waals surface area (Å²) in [5.74, 6) is -0.594. The molecule has 0 fully saturated rings. The SMILES string of the molecule is O=C(CCCNC(=O)c1ccc(Cl)cc1)NNc1ccccc1[N+](=O)[O-]. The van der Waals surface area contributed by atoms with E-state index in [0.29, 0.717) is 23.6 Å². The molecule has 0 radical (unpaired) electrons. The maximum Gasteiger partial charge on any atom is 0.294 e. The Morgan fingerprint density at radius 3 is 2.46 bits per heavy atom. The predicted octanol–water partition coefficient (Wildman–Crippen LogP) is 2.90. The number of hydrazine groups is 1. The van der Waals surface area contributed by atoms with Crippen molar-refractivity contribution in [2.45, 2.75) is 12.8 Å². The molecule has 2 amide bonds. The highest BCUT2D eigenvalue weighted by molar-refractivity contribution is 6.30. The Hall–Kier alpha value is -3.13. The number of hydrogen-bond donors (Lipinski definition) is 3. The Kier molecular flexibility index (Phi) is 6.92. The first kappa shape index (κ1) is 19.2. The third kappa shape index (κ3) is 5.75. The quantitative estimate of drug-likeness (QED) is 0.372. The molecule has 0 heterocycles. The molecule has 8 nitrogen and oxygen atoms in total. The van der Waals surface area contributed by atoms with E-state index in [0.717, 1.165) is 0 Å². The lowest BCUT2D eigenvalue weighted by Crippen LogP contribution is -2.31. The zero-order valence-electron chi connectivity index (χ0n) is 13.7. The minimum Gasteiger partial charge on any atom is -0.352 e. The molecule has 2 aromatic carbocycles. The van der Waals surface area contributed by atoms with Gasteiger partial charge in [-0.1, -0.05) is 23.7 Å². The Balaban J connectivity index is 1.70. The van der Waals surface area contributed by atoms with Crippen LogP contribution in [0, 0.1) is 10.1 Å². The van der Waals surface area contributed by atoms with Gasteiger partial charge in [-0.05, 0) is 36.8 Å². The molecule has 0 saturated carbocycles. The molecule has 0 spiro atoms. The number of nitro groups is 1. The highest BCUT2D eigenvalue weighted by Gasteiger charge is 2.12. The Labute approximate surface area is 154 Å². The lowest BCUT2D eigenvalue weighted by atomic mass is 10.2. The van der Waals surface area contributed by atoms with Crippen LogP contribution in [0.25, 0.3) is 0 Å². The smallest absolute Gasteiger partial charge is 0.294 e. The normalized spacial score (nSPS) is 10.0. The number of benzene rings is 2. The first-order valence-electron chi connectivity index (χ1n) is 7.79. The molecule has 0 aliphatic rings. The monoisotopic (exact) mass is 376 g/mol. The molecule has 0 aliphatic carbocycles. The van der Waals surface area contributed by atoms with Gasteiger partial charge in [0.05, 0.1) is 4.92 Å². The maximum absolute atomic E-state index is 11.9. The van der Waals surface area contributed by atoms with Gasteiger partial charge >= 0.3 is 0 Å². The molecule has 3 N–H and O–H groups in total. The third-order valence-electron chi connectivity index (χ3n) is 3.41. The van der Waals surface area contributed by atoms with Crippen molar-refractivity contribution in [3.8, 4) is 0 Å². The molecule has 9 heteroatoms. The van der Waals surface area contributed by atoms with Gasteiger partial charge < -0.3 is 5.32 Å². The van der Waals surface area contributed by atoms with E-state index in [1.165, 1.54) is 18.2 Å². The summed E-state index contributed by atoms with van der Waals surface area (Å²) < 4.78 is 0. The average molecular weight is 377 g/mol. The van der Waals surface area contributed by atoms with Crippen molar-refractivity contribution in [1.29, 1.82) is 0 Å². The van der Waals surface area contributed by atoms with E-state index in [1.807, 2.05) is 0 Å². The summed E-state index contributed by atoms with van der Waals surface area (Å²) in [4.78, 5) is 34.0. The molecule has 2 aromatic rings. The van der Waals surface area contributed by atoms with Gasteiger partial charge in [0.15, 0.2) is 0 Å². The number of para-hydroxylation sites is 2. The Morgan fingerprint density at radius 2 is 1.77 bits per heavy atom. The zero-order chi connectivity index (χ0) is 18.9. The van der Waals surface area contributed by atoms with E-state index in [-0.39, 0.29) is 29.6 Å². The van der Waals surface area contributed by atoms with E-state index in [1.54, 1.807) is 30.3 Å². The number of nitrogens with one attached hydrogen (secondary N) is 3. The number of halogens is 1. The van der Waals surface area contributed by atoms with Crippen molar-refractivity contribution in [2.75, 3.05) is 12.0 Å². The number of amides is 2. The van der Waals surface area contributed by atoms with Gasteiger partial charge in [0.25, 0.3) is 11.6 Å². The molecule has 0 aromatic heterocycles. The highest BCUT2D eigenvalue weighted by atomic mass is 35.5. The van der Waals surface area contributed by atoms with Crippen molar-refractivity contribution in [1.82, 2.24) is 10.7 Å². The summed E-state index contributed by atoms with van der Waals surface area (Å²) in [5, 5.41) is 14.1. The van der Waals surface area contributed by atoms with E-state index >= 15 is 0 Å². The van der Waals surface area contributed by atoms with Gasteiger partial charge in [-0.15, -0.1) is 0 Å². The number of hydrogen-bond acceptors (Lipinski definition) is 5. The van der Waals surface area contributed by atoms with Crippen LogP contribution in [-0.2, 0) is 4.79 Å². The molecule has 136 valence electrons. The molecule has 0 aliphatic heterocycles. The van der Waals surface area contributed by atoms with Crippen LogP contribution in [-0.4, -0.2) is 23.3 Å². The lowest BCUT2D eigenvalue weighted by molar-refractivity contribution is -0.384. The standard InChI is InChI=1S/C17H17ClN4O4/c18-13-9-7-12(8-10-13)17(24)19-11-3-6-16(23)21-20-14-4-1-2-5-15(14)22(25)26/h1-2,4-5,7-10,20H,3,6,11H2,(H,19,24)(H,21,23). The van der Waals surface area contributed by atoms with Crippen LogP contribution in [0.5, 0.6) is 0 Å². The van der Waals surface area contributed by atoms with Crippen LogP contribution in [0.15, 0.2) is 48.5 Å². The van der Waals surface area contributed by atoms with Gasteiger partial charge in [-0.2, -0.15) is 0 Å². The van der Waals surface area contributed by atoms with Gasteiger partial charge in [-0.25, -0.2) is 0 Å². The maximum atomic E-state index is 11.9. The minimum atomic E-state index is -0.541.